The summed E-state index contributed by atoms with van der Waals surface area (Å²) in [4.78, 5) is 15.4. The van der Waals surface area contributed by atoms with E-state index in [0.717, 1.165) is 4.70 Å². The van der Waals surface area contributed by atoms with Crippen LogP contribution in [0.4, 0.5) is 10.1 Å². The molecule has 0 aliphatic carbocycles. The van der Waals surface area contributed by atoms with Gasteiger partial charge < -0.3 is 9.05 Å². The molecule has 0 spiro atoms. The van der Waals surface area contributed by atoms with E-state index in [4.69, 9.17) is 9.05 Å². The molecule has 0 aliphatic heterocycles. The lowest BCUT2D eigenvalue weighted by Gasteiger charge is -2.17. The maximum Gasteiger partial charge on any atom is 0.335 e. The summed E-state index contributed by atoms with van der Waals surface area (Å²) in [5.74, 6) is -0.395. The zero-order chi connectivity index (χ0) is 20.3. The first-order valence-corrected chi connectivity index (χ1v) is 11.1. The highest BCUT2D eigenvalue weighted by molar-refractivity contribution is 7.53. The first kappa shape index (κ1) is 20.5. The van der Waals surface area contributed by atoms with Crippen LogP contribution in [0, 0.1) is 15.9 Å². The van der Waals surface area contributed by atoms with Crippen molar-refractivity contribution in [3.63, 3.8) is 0 Å². The second-order valence-electron chi connectivity index (χ2n) is 5.84. The largest absolute Gasteiger partial charge is 0.335 e. The normalized spacial score (nSPS) is 11.8. The Hall–Kier alpha value is -2.19. The third-order valence-electron chi connectivity index (χ3n) is 3.89. The monoisotopic (exact) mass is 424 g/mol. The van der Waals surface area contributed by atoms with Crippen molar-refractivity contribution in [2.45, 2.75) is 20.0 Å². The van der Waals surface area contributed by atoms with Gasteiger partial charge in [-0.2, -0.15) is 0 Å². The molecule has 1 aromatic heterocycles. The summed E-state index contributed by atoms with van der Waals surface area (Å²) in [7, 11) is -3.48. The molecule has 7 nitrogen and oxygen atoms in total. The zero-order valence-electron chi connectivity index (χ0n) is 15.3. The van der Waals surface area contributed by atoms with Gasteiger partial charge in [0.2, 0.25) is 0 Å². The number of halogens is 1. The number of aromatic nitrogens is 1. The van der Waals surface area contributed by atoms with Gasteiger partial charge in [-0.05, 0) is 26.0 Å². The molecule has 0 N–H and O–H groups in total. The van der Waals surface area contributed by atoms with Crippen molar-refractivity contribution in [3.05, 3.63) is 57.9 Å². The molecule has 2 aromatic carbocycles. The van der Waals surface area contributed by atoms with E-state index in [-0.39, 0.29) is 30.6 Å². The second-order valence-corrected chi connectivity index (χ2v) is 8.92. The predicted molar refractivity (Wildman–Crippen MR) is 106 cm³/mol. The van der Waals surface area contributed by atoms with E-state index in [0.29, 0.717) is 16.1 Å². The molecule has 0 amide bonds. The number of thiazole rings is 1. The highest BCUT2D eigenvalue weighted by Crippen LogP contribution is 2.52. The molecule has 0 aliphatic rings. The first-order chi connectivity index (χ1) is 13.3. The molecule has 0 saturated heterocycles. The van der Waals surface area contributed by atoms with Crippen LogP contribution in [0.3, 0.4) is 0 Å². The zero-order valence-corrected chi connectivity index (χ0v) is 17.0. The van der Waals surface area contributed by atoms with Crippen molar-refractivity contribution in [3.8, 4) is 10.6 Å². The minimum absolute atomic E-state index is 0.172. The molecular formula is C18H18FN2O5PS. The number of hydrogen-bond donors (Lipinski definition) is 0. The quantitative estimate of drug-likeness (QED) is 0.259. The molecule has 0 saturated carbocycles. The highest BCUT2D eigenvalue weighted by Gasteiger charge is 2.29. The Kier molecular flexibility index (Phi) is 6.20. The average molecular weight is 424 g/mol. The van der Waals surface area contributed by atoms with Crippen LogP contribution in [0.15, 0.2) is 36.4 Å². The van der Waals surface area contributed by atoms with Gasteiger partial charge in [-0.25, -0.2) is 9.37 Å². The van der Waals surface area contributed by atoms with Gasteiger partial charge in [0.05, 0.1) is 34.5 Å². The first-order valence-electron chi connectivity index (χ1n) is 8.57. The fraction of sp³-hybridized carbons (Fsp3) is 0.278. The Morgan fingerprint density at radius 2 is 1.89 bits per heavy atom. The van der Waals surface area contributed by atoms with Crippen LogP contribution in [0.25, 0.3) is 20.8 Å². The summed E-state index contributed by atoms with van der Waals surface area (Å²) in [6.07, 6.45) is -0.198. The minimum atomic E-state index is -3.48. The number of rotatable bonds is 8. The van der Waals surface area contributed by atoms with E-state index < -0.39 is 18.3 Å². The van der Waals surface area contributed by atoms with Crippen LogP contribution in [-0.2, 0) is 19.8 Å². The third kappa shape index (κ3) is 4.44. The van der Waals surface area contributed by atoms with Gasteiger partial charge >= 0.3 is 7.60 Å². The van der Waals surface area contributed by atoms with Crippen LogP contribution >= 0.6 is 18.9 Å². The Balaban J connectivity index is 2.00. The standard InChI is InChI=1S/C18H18FN2O5PS/c1-3-25-27(24,26-4-2)11-13-6-5-12(9-16(13)21(22)23)18-20-15-10-14(19)7-8-17(15)28-18/h5-10H,3-4,11H2,1-2H3. The van der Waals surface area contributed by atoms with Crippen LogP contribution in [0.2, 0.25) is 0 Å². The predicted octanol–water partition coefficient (Wildman–Crippen LogP) is 5.78. The Bertz CT molecular complexity index is 1060. The van der Waals surface area contributed by atoms with Crippen molar-refractivity contribution < 1.29 is 22.9 Å². The van der Waals surface area contributed by atoms with Gasteiger partial charge in [-0.1, -0.05) is 12.1 Å². The topological polar surface area (TPSA) is 91.6 Å². The maximum atomic E-state index is 13.4. The van der Waals surface area contributed by atoms with E-state index in [1.165, 1.54) is 35.6 Å². The number of nitrogens with zero attached hydrogens (tertiary/aromatic N) is 2. The third-order valence-corrected chi connectivity index (χ3v) is 7.01. The number of hydrogen-bond acceptors (Lipinski definition) is 7. The van der Waals surface area contributed by atoms with E-state index in [2.05, 4.69) is 4.98 Å². The fourth-order valence-electron chi connectivity index (χ4n) is 2.76. The molecule has 0 atom stereocenters. The van der Waals surface area contributed by atoms with E-state index >= 15 is 0 Å². The summed E-state index contributed by atoms with van der Waals surface area (Å²) in [6, 6.07) is 8.86. The number of nitro benzene ring substituents is 1. The summed E-state index contributed by atoms with van der Waals surface area (Å²) in [5, 5.41) is 12.1. The van der Waals surface area contributed by atoms with Gasteiger partial charge in [0.15, 0.2) is 0 Å². The lowest BCUT2D eigenvalue weighted by atomic mass is 10.1. The molecular weight excluding hydrogens is 406 g/mol. The molecule has 3 rings (SSSR count). The SMILES string of the molecule is CCOP(=O)(Cc1ccc(-c2nc3cc(F)ccc3s2)cc1[N+](=O)[O-])OCC. The number of fused-ring (bicyclic) bond motifs is 1. The average Bonchev–Trinajstić information content (AvgIpc) is 3.05. The van der Waals surface area contributed by atoms with Crippen molar-refractivity contribution in [2.24, 2.45) is 0 Å². The lowest BCUT2D eigenvalue weighted by Crippen LogP contribution is -2.02. The molecule has 10 heteroatoms. The van der Waals surface area contributed by atoms with Crippen LogP contribution in [0.5, 0.6) is 0 Å². The van der Waals surface area contributed by atoms with Gasteiger partial charge in [-0.15, -0.1) is 11.3 Å². The molecule has 0 fully saturated rings. The molecule has 0 bridgehead atoms. The summed E-state index contributed by atoms with van der Waals surface area (Å²) >= 11 is 1.31. The summed E-state index contributed by atoms with van der Waals surface area (Å²) < 4.78 is 37.4. The van der Waals surface area contributed by atoms with Crippen LogP contribution < -0.4 is 0 Å². The second kappa shape index (κ2) is 8.45. The van der Waals surface area contributed by atoms with Gasteiger partial charge in [-0.3, -0.25) is 14.7 Å². The summed E-state index contributed by atoms with van der Waals surface area (Å²) in [6.45, 7) is 3.70. The van der Waals surface area contributed by atoms with Crippen molar-refractivity contribution in [1.82, 2.24) is 4.98 Å². The van der Waals surface area contributed by atoms with Crippen molar-refractivity contribution in [2.75, 3.05) is 13.2 Å². The van der Waals surface area contributed by atoms with Crippen LogP contribution in [-0.4, -0.2) is 23.1 Å². The maximum absolute atomic E-state index is 13.4. The molecule has 1 heterocycles. The van der Waals surface area contributed by atoms with E-state index in [1.54, 1.807) is 26.0 Å². The van der Waals surface area contributed by atoms with Crippen LogP contribution in [0.1, 0.15) is 19.4 Å². The van der Waals surface area contributed by atoms with Gasteiger partial charge in [0.1, 0.15) is 10.8 Å². The highest BCUT2D eigenvalue weighted by atomic mass is 32.1. The van der Waals surface area contributed by atoms with Crippen molar-refractivity contribution in [1.29, 1.82) is 0 Å². The summed E-state index contributed by atoms with van der Waals surface area (Å²) in [5.41, 5.74) is 1.08. The molecule has 3 aromatic rings. The molecule has 28 heavy (non-hydrogen) atoms. The number of nitro groups is 1. The Morgan fingerprint density at radius 3 is 2.54 bits per heavy atom. The van der Waals surface area contributed by atoms with E-state index in [9.17, 15) is 19.1 Å². The lowest BCUT2D eigenvalue weighted by molar-refractivity contribution is -0.385. The van der Waals surface area contributed by atoms with Crippen molar-refractivity contribution >= 4 is 34.8 Å². The molecule has 0 radical (unpaired) electrons. The Morgan fingerprint density at radius 1 is 1.18 bits per heavy atom. The fourth-order valence-corrected chi connectivity index (χ4v) is 5.43. The minimum Gasteiger partial charge on any atom is -0.309 e. The Labute approximate surface area is 164 Å². The van der Waals surface area contributed by atoms with E-state index in [1.807, 2.05) is 0 Å². The van der Waals surface area contributed by atoms with Gasteiger partial charge in [0.25, 0.3) is 5.69 Å². The molecule has 148 valence electrons. The van der Waals surface area contributed by atoms with Gasteiger partial charge in [0, 0.05) is 23.3 Å². The molecule has 0 unspecified atom stereocenters. The smallest absolute Gasteiger partial charge is 0.309 e. The number of benzene rings is 2.